The van der Waals surface area contributed by atoms with Crippen LogP contribution in [0.2, 0.25) is 0 Å². The predicted octanol–water partition coefficient (Wildman–Crippen LogP) is 1.53. The predicted molar refractivity (Wildman–Crippen MR) is 69.1 cm³/mol. The lowest BCUT2D eigenvalue weighted by molar-refractivity contribution is -0.146. The Balaban J connectivity index is 1.63. The molecule has 4 atom stereocenters. The van der Waals surface area contributed by atoms with Crippen molar-refractivity contribution < 1.29 is 28.2 Å². The molecule has 3 fully saturated rings. The molecule has 1 spiro atoms. The quantitative estimate of drug-likeness (QED) is 0.794. The van der Waals surface area contributed by atoms with Gasteiger partial charge in [0, 0.05) is 5.41 Å². The van der Waals surface area contributed by atoms with E-state index < -0.39 is 29.3 Å². The van der Waals surface area contributed by atoms with Crippen LogP contribution in [-0.4, -0.2) is 43.3 Å². The average molecular weight is 301 g/mol. The van der Waals surface area contributed by atoms with Gasteiger partial charge in [0.15, 0.2) is 5.54 Å². The third kappa shape index (κ3) is 2.01. The molecule has 21 heavy (non-hydrogen) atoms. The van der Waals surface area contributed by atoms with Crippen LogP contribution in [0.15, 0.2) is 0 Å². The summed E-state index contributed by atoms with van der Waals surface area (Å²) in [5, 5.41) is 2.92. The van der Waals surface area contributed by atoms with E-state index >= 15 is 0 Å². The molecular weight excluding hydrogens is 281 g/mol. The van der Waals surface area contributed by atoms with Gasteiger partial charge in [-0.2, -0.15) is 0 Å². The zero-order valence-corrected chi connectivity index (χ0v) is 12.2. The van der Waals surface area contributed by atoms with Crippen LogP contribution in [0.25, 0.3) is 0 Å². The monoisotopic (exact) mass is 301 g/mol. The summed E-state index contributed by atoms with van der Waals surface area (Å²) in [6.45, 7) is 3.62. The number of ether oxygens (including phenoxy) is 3. The molecule has 2 aliphatic carbocycles. The molecule has 7 heteroatoms. The van der Waals surface area contributed by atoms with E-state index in [1.165, 1.54) is 0 Å². The number of nitrogens with one attached hydrogen (secondary N) is 1. The highest BCUT2D eigenvalue weighted by molar-refractivity contribution is 5.86. The van der Waals surface area contributed by atoms with Crippen molar-refractivity contribution in [3.05, 3.63) is 0 Å². The van der Waals surface area contributed by atoms with Crippen LogP contribution < -0.4 is 5.32 Å². The van der Waals surface area contributed by atoms with Crippen LogP contribution in [0.5, 0.6) is 0 Å². The molecule has 118 valence electrons. The van der Waals surface area contributed by atoms with E-state index in [0.29, 0.717) is 12.8 Å². The third-order valence-electron chi connectivity index (χ3n) is 4.95. The zero-order chi connectivity index (χ0) is 15.3. The van der Waals surface area contributed by atoms with Crippen molar-refractivity contribution >= 4 is 12.1 Å². The molecule has 0 aromatic heterocycles. The van der Waals surface area contributed by atoms with Crippen molar-refractivity contribution in [3.8, 4) is 0 Å². The van der Waals surface area contributed by atoms with Crippen molar-refractivity contribution in [3.63, 3.8) is 0 Å². The SMILES string of the molecule is CC(C)OC(=O)OCCC12CC1CC(F)C21NCOC1=O. The molecule has 0 radical (unpaired) electrons. The van der Waals surface area contributed by atoms with Crippen molar-refractivity contribution in [1.82, 2.24) is 5.32 Å². The Hall–Kier alpha value is -1.37. The third-order valence-corrected chi connectivity index (χ3v) is 4.95. The largest absolute Gasteiger partial charge is 0.508 e. The van der Waals surface area contributed by atoms with Crippen molar-refractivity contribution in [2.75, 3.05) is 13.3 Å². The number of rotatable bonds is 4. The number of hydrogen-bond donors (Lipinski definition) is 1. The van der Waals surface area contributed by atoms with Crippen molar-refractivity contribution in [2.45, 2.75) is 50.9 Å². The molecule has 2 saturated carbocycles. The Labute approximate surface area is 122 Å². The number of hydrogen-bond acceptors (Lipinski definition) is 6. The summed E-state index contributed by atoms with van der Waals surface area (Å²) in [6.07, 6.45) is -0.661. The van der Waals surface area contributed by atoms with Gasteiger partial charge in [-0.3, -0.25) is 5.32 Å². The maximum atomic E-state index is 14.3. The van der Waals surface area contributed by atoms with Gasteiger partial charge in [-0.15, -0.1) is 0 Å². The average Bonchev–Trinajstić information content (AvgIpc) is 2.83. The first-order valence-corrected chi connectivity index (χ1v) is 7.32. The Bertz CT molecular complexity index is 470. The molecule has 1 aliphatic heterocycles. The lowest BCUT2D eigenvalue weighted by atomic mass is 9.79. The van der Waals surface area contributed by atoms with Gasteiger partial charge >= 0.3 is 12.1 Å². The van der Waals surface area contributed by atoms with Crippen LogP contribution >= 0.6 is 0 Å². The number of carbonyl (C=O) groups excluding carboxylic acids is 2. The number of cyclic esters (lactones) is 1. The van der Waals surface area contributed by atoms with Gasteiger partial charge in [0.1, 0.15) is 12.9 Å². The molecule has 0 bridgehead atoms. The van der Waals surface area contributed by atoms with Crippen LogP contribution in [0.1, 0.15) is 33.1 Å². The van der Waals surface area contributed by atoms with Gasteiger partial charge in [0.2, 0.25) is 0 Å². The molecule has 3 aliphatic rings. The van der Waals surface area contributed by atoms with Crippen LogP contribution in [0.4, 0.5) is 9.18 Å². The maximum absolute atomic E-state index is 14.3. The van der Waals surface area contributed by atoms with Crippen molar-refractivity contribution in [2.24, 2.45) is 11.3 Å². The number of esters is 1. The van der Waals surface area contributed by atoms with Gasteiger partial charge in [-0.05, 0) is 39.0 Å². The fourth-order valence-corrected chi connectivity index (χ4v) is 3.98. The van der Waals surface area contributed by atoms with E-state index in [2.05, 4.69) is 5.32 Å². The molecule has 4 unspecified atom stereocenters. The molecule has 0 aromatic carbocycles. The Kier molecular flexibility index (Phi) is 3.35. The Morgan fingerprint density at radius 3 is 2.95 bits per heavy atom. The molecule has 6 nitrogen and oxygen atoms in total. The minimum Gasteiger partial charge on any atom is -0.448 e. The minimum atomic E-state index is -1.25. The van der Waals surface area contributed by atoms with Crippen molar-refractivity contribution in [1.29, 1.82) is 0 Å². The first-order valence-electron chi connectivity index (χ1n) is 7.32. The van der Waals surface area contributed by atoms with Gasteiger partial charge in [0.05, 0.1) is 12.7 Å². The van der Waals surface area contributed by atoms with Gasteiger partial charge in [-0.1, -0.05) is 0 Å². The van der Waals surface area contributed by atoms with Gasteiger partial charge in [-0.25, -0.2) is 14.0 Å². The number of fused-ring (bicyclic) bond motifs is 2. The molecule has 0 amide bonds. The highest BCUT2D eigenvalue weighted by Crippen LogP contribution is 2.71. The molecule has 1 N–H and O–H groups in total. The normalized spacial score (nSPS) is 40.3. The maximum Gasteiger partial charge on any atom is 0.508 e. The van der Waals surface area contributed by atoms with Gasteiger partial charge < -0.3 is 14.2 Å². The molecular formula is C14H20FNO5. The molecule has 1 saturated heterocycles. The molecule has 1 heterocycles. The van der Waals surface area contributed by atoms with Crippen LogP contribution in [0, 0.1) is 11.3 Å². The van der Waals surface area contributed by atoms with E-state index in [9.17, 15) is 14.0 Å². The first-order chi connectivity index (χ1) is 9.92. The summed E-state index contributed by atoms with van der Waals surface area (Å²) in [5.74, 6) is -0.366. The fourth-order valence-electron chi connectivity index (χ4n) is 3.98. The number of carbonyl (C=O) groups is 2. The summed E-state index contributed by atoms with van der Waals surface area (Å²) in [4.78, 5) is 23.4. The summed E-state index contributed by atoms with van der Waals surface area (Å²) in [7, 11) is 0. The highest BCUT2D eigenvalue weighted by Gasteiger charge is 2.79. The standard InChI is InChI=1S/C14H20FNO5/c1-8(2)21-12(18)19-4-3-13-6-9(13)5-10(15)14(13)11(17)20-7-16-14/h8-10,16H,3-7H2,1-2H3. The van der Waals surface area contributed by atoms with Gasteiger partial charge in [0.25, 0.3) is 0 Å². The van der Waals surface area contributed by atoms with E-state index in [1.807, 2.05) is 0 Å². The van der Waals surface area contributed by atoms with Crippen LogP contribution in [-0.2, 0) is 19.0 Å². The van der Waals surface area contributed by atoms with E-state index in [1.54, 1.807) is 13.8 Å². The molecule has 0 aromatic rings. The topological polar surface area (TPSA) is 73.9 Å². The molecule has 3 rings (SSSR count). The highest BCUT2D eigenvalue weighted by atomic mass is 19.1. The lowest BCUT2D eigenvalue weighted by Gasteiger charge is -2.32. The second kappa shape index (κ2) is 4.83. The van der Waals surface area contributed by atoms with E-state index in [0.717, 1.165) is 6.42 Å². The van der Waals surface area contributed by atoms with E-state index in [4.69, 9.17) is 14.2 Å². The lowest BCUT2D eigenvalue weighted by Crippen LogP contribution is -2.58. The Morgan fingerprint density at radius 2 is 2.33 bits per heavy atom. The summed E-state index contributed by atoms with van der Waals surface area (Å²) < 4.78 is 29.2. The first kappa shape index (κ1) is 14.6. The zero-order valence-electron chi connectivity index (χ0n) is 12.2. The second-order valence-electron chi connectivity index (χ2n) is 6.34. The smallest absolute Gasteiger partial charge is 0.448 e. The van der Waals surface area contributed by atoms with E-state index in [-0.39, 0.29) is 25.4 Å². The minimum absolute atomic E-state index is 0.0456. The van der Waals surface area contributed by atoms with Crippen LogP contribution in [0.3, 0.4) is 0 Å². The number of halogens is 1. The number of alkyl halides is 1. The summed E-state index contributed by atoms with van der Waals surface area (Å²) in [5.41, 5.74) is -1.74. The Morgan fingerprint density at radius 1 is 1.57 bits per heavy atom. The second-order valence-corrected chi connectivity index (χ2v) is 6.34. The summed E-state index contributed by atoms with van der Waals surface area (Å²) >= 11 is 0. The fraction of sp³-hybridized carbons (Fsp3) is 0.857. The summed E-state index contributed by atoms with van der Waals surface area (Å²) in [6, 6.07) is 0.